The third kappa shape index (κ3) is 7.57. The highest BCUT2D eigenvalue weighted by Gasteiger charge is 2.23. The number of hydrogen-bond donors (Lipinski definition) is 1. The summed E-state index contributed by atoms with van der Waals surface area (Å²) in [6, 6.07) is 12.0. The topological polar surface area (TPSA) is 77.1 Å². The molecule has 3 rings (SSSR count). The Kier molecular flexibility index (Phi) is 9.31. The van der Waals surface area contributed by atoms with E-state index < -0.39 is 5.97 Å². The van der Waals surface area contributed by atoms with Gasteiger partial charge in [-0.05, 0) is 54.2 Å². The van der Waals surface area contributed by atoms with E-state index in [9.17, 15) is 9.59 Å². The van der Waals surface area contributed by atoms with Crippen LogP contribution in [-0.2, 0) is 20.8 Å². The van der Waals surface area contributed by atoms with E-state index in [0.29, 0.717) is 59.3 Å². The SMILES string of the molecule is COC(=O)CC(=O)c1ccc(OCC2CN(C(=S)NCc3ccc(Cl)cc3Cl)CCO2)cc1. The number of halogens is 2. The minimum Gasteiger partial charge on any atom is -0.491 e. The molecule has 2 aromatic rings. The number of methoxy groups -OCH3 is 1. The van der Waals surface area contributed by atoms with Crippen molar-refractivity contribution < 1.29 is 23.8 Å². The molecule has 1 saturated heterocycles. The average molecular weight is 511 g/mol. The van der Waals surface area contributed by atoms with Gasteiger partial charge in [-0.25, -0.2) is 0 Å². The minimum atomic E-state index is -0.567. The predicted octanol–water partition coefficient (Wildman–Crippen LogP) is 3.89. The first-order valence-corrected chi connectivity index (χ1v) is 11.4. The summed E-state index contributed by atoms with van der Waals surface area (Å²) < 4.78 is 16.1. The molecule has 0 aliphatic carbocycles. The summed E-state index contributed by atoms with van der Waals surface area (Å²) in [4.78, 5) is 25.3. The Labute approximate surface area is 207 Å². The summed E-state index contributed by atoms with van der Waals surface area (Å²) in [7, 11) is 1.25. The lowest BCUT2D eigenvalue weighted by molar-refractivity contribution is -0.139. The molecule has 1 aliphatic rings. The van der Waals surface area contributed by atoms with Crippen LogP contribution in [0, 0.1) is 0 Å². The lowest BCUT2D eigenvalue weighted by Crippen LogP contribution is -2.50. The standard InChI is InChI=1S/C23H24Cl2N2O5S/c1-30-22(29)11-21(28)15-3-6-18(7-4-15)32-14-19-13-27(8-9-31-19)23(33)26-12-16-2-5-17(24)10-20(16)25/h2-7,10,19H,8-9,11-14H2,1H3,(H,26,33). The smallest absolute Gasteiger partial charge is 0.313 e. The van der Waals surface area contributed by atoms with Gasteiger partial charge in [0.15, 0.2) is 10.9 Å². The van der Waals surface area contributed by atoms with Crippen LogP contribution in [0.2, 0.25) is 10.0 Å². The number of hydrogen-bond acceptors (Lipinski definition) is 6. The van der Waals surface area contributed by atoms with Crippen molar-refractivity contribution in [1.29, 1.82) is 0 Å². The molecule has 1 heterocycles. The number of nitrogens with one attached hydrogen (secondary N) is 1. The molecule has 0 saturated carbocycles. The number of ether oxygens (including phenoxy) is 3. The van der Waals surface area contributed by atoms with Crippen LogP contribution in [0.1, 0.15) is 22.3 Å². The normalized spacial score (nSPS) is 15.6. The van der Waals surface area contributed by atoms with Gasteiger partial charge in [-0.1, -0.05) is 29.3 Å². The lowest BCUT2D eigenvalue weighted by atomic mass is 10.1. The van der Waals surface area contributed by atoms with Crippen molar-refractivity contribution in [3.8, 4) is 5.75 Å². The maximum Gasteiger partial charge on any atom is 0.313 e. The number of benzene rings is 2. The molecular weight excluding hydrogens is 487 g/mol. The van der Waals surface area contributed by atoms with E-state index >= 15 is 0 Å². The highest BCUT2D eigenvalue weighted by atomic mass is 35.5. The van der Waals surface area contributed by atoms with Gasteiger partial charge in [-0.2, -0.15) is 0 Å². The Morgan fingerprint density at radius 2 is 1.97 bits per heavy atom. The summed E-state index contributed by atoms with van der Waals surface area (Å²) in [5.74, 6) is -0.271. The molecule has 0 spiro atoms. The molecule has 0 aromatic heterocycles. The number of carbonyl (C=O) groups is 2. The van der Waals surface area contributed by atoms with Crippen LogP contribution in [0.5, 0.6) is 5.75 Å². The summed E-state index contributed by atoms with van der Waals surface area (Å²) in [5, 5.41) is 5.01. The number of thiocarbonyl (C=S) groups is 1. The zero-order chi connectivity index (χ0) is 23.8. The number of morpholine rings is 1. The molecule has 1 N–H and O–H groups in total. The van der Waals surface area contributed by atoms with Gasteiger partial charge >= 0.3 is 5.97 Å². The molecule has 176 valence electrons. The number of ketones is 1. The lowest BCUT2D eigenvalue weighted by Gasteiger charge is -2.34. The van der Waals surface area contributed by atoms with Crippen LogP contribution in [0.4, 0.5) is 0 Å². The summed E-state index contributed by atoms with van der Waals surface area (Å²) in [6.07, 6.45) is -0.459. The monoisotopic (exact) mass is 510 g/mol. The first-order chi connectivity index (χ1) is 15.9. The van der Waals surface area contributed by atoms with E-state index in [1.54, 1.807) is 36.4 Å². The Hall–Kier alpha value is -2.39. The van der Waals surface area contributed by atoms with Crippen molar-refractivity contribution in [3.05, 3.63) is 63.6 Å². The maximum absolute atomic E-state index is 12.0. The zero-order valence-corrected chi connectivity index (χ0v) is 20.3. The van der Waals surface area contributed by atoms with Gasteiger partial charge in [-0.15, -0.1) is 0 Å². The second-order valence-corrected chi connectivity index (χ2v) is 8.58. The molecule has 10 heteroatoms. The third-order valence-corrected chi connectivity index (χ3v) is 6.01. The Balaban J connectivity index is 1.46. The molecular formula is C23H24Cl2N2O5S. The van der Waals surface area contributed by atoms with E-state index in [4.69, 9.17) is 44.9 Å². The van der Waals surface area contributed by atoms with E-state index in [2.05, 4.69) is 10.1 Å². The van der Waals surface area contributed by atoms with Crippen molar-refractivity contribution in [1.82, 2.24) is 10.2 Å². The van der Waals surface area contributed by atoms with Gasteiger partial charge in [0.05, 0.1) is 13.7 Å². The summed E-state index contributed by atoms with van der Waals surface area (Å²) in [6.45, 7) is 2.61. The molecule has 2 aromatic carbocycles. The molecule has 33 heavy (non-hydrogen) atoms. The van der Waals surface area contributed by atoms with Gasteiger partial charge in [-0.3, -0.25) is 9.59 Å². The molecule has 1 fully saturated rings. The first-order valence-electron chi connectivity index (χ1n) is 10.3. The number of rotatable bonds is 8. The van der Waals surface area contributed by atoms with Crippen LogP contribution in [0.3, 0.4) is 0 Å². The van der Waals surface area contributed by atoms with Crippen molar-refractivity contribution in [2.24, 2.45) is 0 Å². The fraction of sp³-hybridized carbons (Fsp3) is 0.348. The summed E-state index contributed by atoms with van der Waals surface area (Å²) >= 11 is 17.7. The maximum atomic E-state index is 12.0. The molecule has 0 radical (unpaired) electrons. The molecule has 1 unspecified atom stereocenters. The molecule has 1 atom stereocenters. The van der Waals surface area contributed by atoms with Crippen LogP contribution in [-0.4, -0.2) is 61.3 Å². The quantitative estimate of drug-likeness (QED) is 0.248. The van der Waals surface area contributed by atoms with E-state index in [1.807, 2.05) is 11.0 Å². The predicted molar refractivity (Wildman–Crippen MR) is 130 cm³/mol. The van der Waals surface area contributed by atoms with Crippen molar-refractivity contribution in [3.63, 3.8) is 0 Å². The van der Waals surface area contributed by atoms with Gasteiger partial charge in [0.25, 0.3) is 0 Å². The van der Waals surface area contributed by atoms with Crippen LogP contribution < -0.4 is 10.1 Å². The first kappa shape index (κ1) is 25.2. The number of carbonyl (C=O) groups excluding carboxylic acids is 2. The molecule has 1 aliphatic heterocycles. The molecule has 0 bridgehead atoms. The van der Waals surface area contributed by atoms with Crippen molar-refractivity contribution >= 4 is 52.3 Å². The fourth-order valence-corrected chi connectivity index (χ4v) is 3.90. The van der Waals surface area contributed by atoms with E-state index in [-0.39, 0.29) is 18.3 Å². The van der Waals surface area contributed by atoms with E-state index in [0.717, 1.165) is 5.56 Å². The second kappa shape index (κ2) is 12.2. The van der Waals surface area contributed by atoms with Crippen LogP contribution in [0.15, 0.2) is 42.5 Å². The van der Waals surface area contributed by atoms with Crippen LogP contribution in [0.25, 0.3) is 0 Å². The van der Waals surface area contributed by atoms with E-state index in [1.165, 1.54) is 7.11 Å². The zero-order valence-electron chi connectivity index (χ0n) is 18.0. The minimum absolute atomic E-state index is 0.168. The highest BCUT2D eigenvalue weighted by Crippen LogP contribution is 2.21. The number of Topliss-reactive ketones (excluding diaryl/α,β-unsaturated/α-hetero) is 1. The number of esters is 1. The van der Waals surface area contributed by atoms with Gasteiger partial charge < -0.3 is 24.4 Å². The third-order valence-electron chi connectivity index (χ3n) is 5.02. The highest BCUT2D eigenvalue weighted by molar-refractivity contribution is 7.80. The summed E-state index contributed by atoms with van der Waals surface area (Å²) in [5.41, 5.74) is 1.33. The van der Waals surface area contributed by atoms with Gasteiger partial charge in [0, 0.05) is 35.2 Å². The Bertz CT molecular complexity index is 1000. The second-order valence-electron chi connectivity index (χ2n) is 7.34. The fourth-order valence-electron chi connectivity index (χ4n) is 3.18. The van der Waals surface area contributed by atoms with Crippen molar-refractivity contribution in [2.45, 2.75) is 19.1 Å². The number of nitrogens with zero attached hydrogens (tertiary/aromatic N) is 1. The Morgan fingerprint density at radius 3 is 2.67 bits per heavy atom. The van der Waals surface area contributed by atoms with Crippen LogP contribution >= 0.6 is 35.4 Å². The largest absolute Gasteiger partial charge is 0.491 e. The van der Waals surface area contributed by atoms with Gasteiger partial charge in [0.2, 0.25) is 0 Å². The van der Waals surface area contributed by atoms with Crippen molar-refractivity contribution in [2.75, 3.05) is 33.4 Å². The Morgan fingerprint density at radius 1 is 1.21 bits per heavy atom. The molecule has 0 amide bonds. The average Bonchev–Trinajstić information content (AvgIpc) is 2.82. The molecule has 7 nitrogen and oxygen atoms in total. The van der Waals surface area contributed by atoms with Gasteiger partial charge in [0.1, 0.15) is 24.9 Å².